The van der Waals surface area contributed by atoms with Crippen molar-refractivity contribution in [1.29, 1.82) is 0 Å². The van der Waals surface area contributed by atoms with Crippen molar-refractivity contribution in [2.45, 2.75) is 20.3 Å². The summed E-state index contributed by atoms with van der Waals surface area (Å²) in [5, 5.41) is 0.778. The monoisotopic (exact) mass is 275 g/mol. The lowest BCUT2D eigenvalue weighted by Gasteiger charge is -2.23. The summed E-state index contributed by atoms with van der Waals surface area (Å²) < 4.78 is 0. The van der Waals surface area contributed by atoms with E-state index in [4.69, 9.17) is 11.6 Å². The van der Waals surface area contributed by atoms with Crippen molar-refractivity contribution < 1.29 is 0 Å². The van der Waals surface area contributed by atoms with Gasteiger partial charge >= 0.3 is 0 Å². The van der Waals surface area contributed by atoms with Crippen LogP contribution in [-0.4, -0.2) is 34.5 Å². The smallest absolute Gasteiger partial charge is 0.134 e. The van der Waals surface area contributed by atoms with Crippen LogP contribution >= 0.6 is 11.6 Å². The van der Waals surface area contributed by atoms with Gasteiger partial charge in [-0.25, -0.2) is 4.98 Å². The molecule has 19 heavy (non-hydrogen) atoms. The molecule has 1 aliphatic rings. The number of imidazole rings is 1. The van der Waals surface area contributed by atoms with E-state index in [2.05, 4.69) is 33.9 Å². The Bertz CT molecular complexity index is 603. The molecule has 0 bridgehead atoms. The molecule has 0 saturated heterocycles. The number of likely N-dealkylation sites (N-methyl/N-ethyl adjacent to an activating group) is 1. The first kappa shape index (κ1) is 12.7. The maximum Gasteiger partial charge on any atom is 0.134 e. The van der Waals surface area contributed by atoms with Crippen LogP contribution in [0.2, 0.25) is 5.02 Å². The summed E-state index contributed by atoms with van der Waals surface area (Å²) in [6.45, 7) is 7.45. The van der Waals surface area contributed by atoms with Crippen LogP contribution in [0.15, 0.2) is 18.2 Å². The van der Waals surface area contributed by atoms with Crippen molar-refractivity contribution in [1.82, 2.24) is 14.9 Å². The Balaban J connectivity index is 1.96. The Morgan fingerprint density at radius 2 is 2.26 bits per heavy atom. The number of benzene rings is 1. The van der Waals surface area contributed by atoms with E-state index in [1.54, 1.807) is 0 Å². The third-order valence-electron chi connectivity index (χ3n) is 3.81. The third-order valence-corrected chi connectivity index (χ3v) is 4.21. The summed E-state index contributed by atoms with van der Waals surface area (Å²) in [7, 11) is 0. The number of hydrogen-bond acceptors (Lipinski definition) is 2. The van der Waals surface area contributed by atoms with Crippen LogP contribution < -0.4 is 0 Å². The lowest BCUT2D eigenvalue weighted by molar-refractivity contribution is 0.318. The minimum atomic E-state index is 0.778. The first-order valence-corrected chi connectivity index (χ1v) is 7.13. The SMILES string of the molecule is CCN1CC=C(c2nc3cc(Cl)c(C)cc3[nH]2)CC1. The number of halogens is 1. The summed E-state index contributed by atoms with van der Waals surface area (Å²) in [6, 6.07) is 4.00. The Morgan fingerprint density at radius 1 is 1.42 bits per heavy atom. The molecule has 3 nitrogen and oxygen atoms in total. The van der Waals surface area contributed by atoms with Gasteiger partial charge in [0.05, 0.1) is 11.0 Å². The van der Waals surface area contributed by atoms with Crippen molar-refractivity contribution >= 4 is 28.2 Å². The number of hydrogen-bond donors (Lipinski definition) is 1. The summed E-state index contributed by atoms with van der Waals surface area (Å²) in [5.41, 5.74) is 4.41. The molecule has 1 aliphatic heterocycles. The number of aromatic amines is 1. The fourth-order valence-corrected chi connectivity index (χ4v) is 2.66. The number of rotatable bonds is 2. The van der Waals surface area contributed by atoms with E-state index in [-0.39, 0.29) is 0 Å². The molecule has 3 rings (SSSR count). The van der Waals surface area contributed by atoms with Gasteiger partial charge in [-0.1, -0.05) is 24.6 Å². The highest BCUT2D eigenvalue weighted by atomic mass is 35.5. The van der Waals surface area contributed by atoms with Gasteiger partial charge in [0.15, 0.2) is 0 Å². The van der Waals surface area contributed by atoms with E-state index in [9.17, 15) is 0 Å². The molecule has 0 fully saturated rings. The molecule has 0 unspecified atom stereocenters. The quantitative estimate of drug-likeness (QED) is 0.908. The van der Waals surface area contributed by atoms with Crippen molar-refractivity contribution in [2.24, 2.45) is 0 Å². The molecule has 1 aromatic carbocycles. The molecule has 0 spiro atoms. The van der Waals surface area contributed by atoms with Crippen LogP contribution in [0.1, 0.15) is 24.7 Å². The van der Waals surface area contributed by atoms with E-state index >= 15 is 0 Å². The Hall–Kier alpha value is -1.32. The number of nitrogens with one attached hydrogen (secondary N) is 1. The lowest BCUT2D eigenvalue weighted by Crippen LogP contribution is -2.28. The largest absolute Gasteiger partial charge is 0.338 e. The van der Waals surface area contributed by atoms with E-state index < -0.39 is 0 Å². The topological polar surface area (TPSA) is 31.9 Å². The number of aryl methyl sites for hydroxylation is 1. The molecule has 0 atom stereocenters. The summed E-state index contributed by atoms with van der Waals surface area (Å²) in [6.07, 6.45) is 3.33. The van der Waals surface area contributed by atoms with Crippen molar-refractivity contribution in [3.8, 4) is 0 Å². The molecule has 1 aromatic heterocycles. The second kappa shape index (κ2) is 4.99. The van der Waals surface area contributed by atoms with Gasteiger partial charge in [-0.15, -0.1) is 0 Å². The third kappa shape index (κ3) is 2.40. The van der Waals surface area contributed by atoms with E-state index in [0.717, 1.165) is 53.5 Å². The maximum absolute atomic E-state index is 6.15. The minimum absolute atomic E-state index is 0.778. The zero-order valence-corrected chi connectivity index (χ0v) is 12.1. The molecular formula is C15H18ClN3. The molecule has 0 amide bonds. The average molecular weight is 276 g/mol. The van der Waals surface area contributed by atoms with Crippen LogP contribution in [0.4, 0.5) is 0 Å². The number of nitrogens with zero attached hydrogens (tertiary/aromatic N) is 2. The van der Waals surface area contributed by atoms with Crippen molar-refractivity contribution in [3.63, 3.8) is 0 Å². The number of aromatic nitrogens is 2. The fraction of sp³-hybridized carbons (Fsp3) is 0.400. The Labute approximate surface area is 118 Å². The van der Waals surface area contributed by atoms with Crippen molar-refractivity contribution in [3.05, 3.63) is 34.6 Å². The predicted molar refractivity (Wildman–Crippen MR) is 80.5 cm³/mol. The molecule has 0 radical (unpaired) electrons. The molecule has 2 heterocycles. The summed E-state index contributed by atoms with van der Waals surface area (Å²) in [5.74, 6) is 0.993. The van der Waals surface area contributed by atoms with Gasteiger partial charge in [-0.3, -0.25) is 4.90 Å². The zero-order valence-electron chi connectivity index (χ0n) is 11.3. The van der Waals surface area contributed by atoms with Crippen LogP contribution in [0.5, 0.6) is 0 Å². The number of fused-ring (bicyclic) bond motifs is 1. The molecule has 4 heteroatoms. The summed E-state index contributed by atoms with van der Waals surface area (Å²) >= 11 is 6.15. The first-order valence-electron chi connectivity index (χ1n) is 6.75. The normalized spacial score (nSPS) is 16.9. The minimum Gasteiger partial charge on any atom is -0.338 e. The molecule has 0 aliphatic carbocycles. The van der Waals surface area contributed by atoms with Gasteiger partial charge in [-0.05, 0) is 43.2 Å². The number of H-pyrrole nitrogens is 1. The first-order chi connectivity index (χ1) is 9.17. The maximum atomic E-state index is 6.15. The van der Waals surface area contributed by atoms with E-state index in [1.165, 1.54) is 5.57 Å². The highest BCUT2D eigenvalue weighted by Gasteiger charge is 2.14. The molecule has 2 aromatic rings. The second-order valence-corrected chi connectivity index (χ2v) is 5.48. The van der Waals surface area contributed by atoms with Crippen LogP contribution in [0.3, 0.4) is 0 Å². The highest BCUT2D eigenvalue weighted by Crippen LogP contribution is 2.26. The van der Waals surface area contributed by atoms with Gasteiger partial charge in [0, 0.05) is 18.1 Å². The fourth-order valence-electron chi connectivity index (χ4n) is 2.51. The van der Waals surface area contributed by atoms with Crippen LogP contribution in [0, 0.1) is 6.92 Å². The van der Waals surface area contributed by atoms with Gasteiger partial charge in [0.25, 0.3) is 0 Å². The Morgan fingerprint density at radius 3 is 2.95 bits per heavy atom. The lowest BCUT2D eigenvalue weighted by atomic mass is 10.1. The summed E-state index contributed by atoms with van der Waals surface area (Å²) in [4.78, 5) is 10.5. The highest BCUT2D eigenvalue weighted by molar-refractivity contribution is 6.32. The van der Waals surface area contributed by atoms with Gasteiger partial charge in [-0.2, -0.15) is 0 Å². The van der Waals surface area contributed by atoms with Crippen molar-refractivity contribution in [2.75, 3.05) is 19.6 Å². The second-order valence-electron chi connectivity index (χ2n) is 5.08. The molecule has 1 N–H and O–H groups in total. The zero-order chi connectivity index (χ0) is 13.4. The standard InChI is InChI=1S/C15H18ClN3/c1-3-19-6-4-11(5-7-19)15-17-13-8-10(2)12(16)9-14(13)18-15/h4,8-9H,3,5-7H2,1-2H3,(H,17,18). The predicted octanol–water partition coefficient (Wildman–Crippen LogP) is 3.63. The molecular weight excluding hydrogens is 258 g/mol. The van der Waals surface area contributed by atoms with E-state index in [1.807, 2.05) is 13.0 Å². The molecule has 100 valence electrons. The molecule has 0 saturated carbocycles. The van der Waals surface area contributed by atoms with Crippen LogP contribution in [-0.2, 0) is 0 Å². The van der Waals surface area contributed by atoms with Gasteiger partial charge in [0.2, 0.25) is 0 Å². The van der Waals surface area contributed by atoms with Crippen LogP contribution in [0.25, 0.3) is 16.6 Å². The average Bonchev–Trinajstić information content (AvgIpc) is 2.82. The Kier molecular flexibility index (Phi) is 3.33. The van der Waals surface area contributed by atoms with E-state index in [0.29, 0.717) is 0 Å². The van der Waals surface area contributed by atoms with Gasteiger partial charge < -0.3 is 4.98 Å². The van der Waals surface area contributed by atoms with Gasteiger partial charge in [0.1, 0.15) is 5.82 Å².